The maximum atomic E-state index is 13.4. The van der Waals surface area contributed by atoms with Gasteiger partial charge >= 0.3 is 12.0 Å². The Kier molecular flexibility index (Phi) is 6.15. The smallest absolute Gasteiger partial charge is 0.321 e. The largest absolute Gasteiger partial charge is 0.489 e. The molecule has 0 radical (unpaired) electrons. The number of carboxylic acids is 1. The zero-order valence-electron chi connectivity index (χ0n) is 13.1. The van der Waals surface area contributed by atoms with Crippen molar-refractivity contribution in [3.8, 4) is 5.75 Å². The number of benzene rings is 1. The summed E-state index contributed by atoms with van der Waals surface area (Å²) in [6.45, 7) is 5.17. The number of anilines is 1. The molecule has 0 aliphatic heterocycles. The summed E-state index contributed by atoms with van der Waals surface area (Å²) in [5.74, 6) is -1.85. The Morgan fingerprint density at radius 1 is 1.36 bits per heavy atom. The number of carbonyl (C=O) groups is 2. The molecule has 0 saturated heterocycles. The number of carboxylic acid groups (broad SMARTS) is 1. The highest BCUT2D eigenvalue weighted by atomic mass is 19.1. The number of rotatable bonds is 6. The zero-order chi connectivity index (χ0) is 16.9. The predicted octanol–water partition coefficient (Wildman–Crippen LogP) is 2.80. The van der Waals surface area contributed by atoms with Gasteiger partial charge in [-0.1, -0.05) is 6.92 Å². The van der Waals surface area contributed by atoms with Crippen LogP contribution in [0.4, 0.5) is 14.9 Å². The predicted molar refractivity (Wildman–Crippen MR) is 80.6 cm³/mol. The molecule has 1 aromatic rings. The van der Waals surface area contributed by atoms with E-state index >= 15 is 0 Å². The van der Waals surface area contributed by atoms with Gasteiger partial charge in [0.2, 0.25) is 0 Å². The molecule has 2 N–H and O–H groups in total. The molecule has 0 saturated carbocycles. The lowest BCUT2D eigenvalue weighted by Crippen LogP contribution is -2.36. The molecule has 1 rings (SSSR count). The summed E-state index contributed by atoms with van der Waals surface area (Å²) in [5, 5.41) is 11.4. The number of ether oxygens (including phenoxy) is 1. The van der Waals surface area contributed by atoms with Gasteiger partial charge in [0.25, 0.3) is 0 Å². The minimum Gasteiger partial charge on any atom is -0.489 e. The molecule has 0 bridgehead atoms. The van der Waals surface area contributed by atoms with Gasteiger partial charge < -0.3 is 20.1 Å². The highest BCUT2D eigenvalue weighted by molar-refractivity contribution is 5.91. The van der Waals surface area contributed by atoms with Crippen LogP contribution >= 0.6 is 0 Å². The third-order valence-corrected chi connectivity index (χ3v) is 2.86. The fourth-order valence-corrected chi connectivity index (χ4v) is 1.74. The molecular formula is C15H21FN2O4. The number of urea groups is 1. The second-order valence-corrected chi connectivity index (χ2v) is 5.36. The van der Waals surface area contributed by atoms with Gasteiger partial charge in [0, 0.05) is 19.7 Å². The average molecular weight is 312 g/mol. The summed E-state index contributed by atoms with van der Waals surface area (Å²) in [6, 6.07) is 3.30. The molecule has 1 unspecified atom stereocenters. The summed E-state index contributed by atoms with van der Waals surface area (Å²) in [5.41, 5.74) is 0.202. The van der Waals surface area contributed by atoms with Crippen molar-refractivity contribution < 1.29 is 23.8 Å². The van der Waals surface area contributed by atoms with Crippen molar-refractivity contribution in [2.45, 2.75) is 26.9 Å². The van der Waals surface area contributed by atoms with Gasteiger partial charge in [-0.15, -0.1) is 0 Å². The van der Waals surface area contributed by atoms with Gasteiger partial charge in [0.15, 0.2) is 0 Å². The Bertz CT molecular complexity index is 548. The molecule has 0 spiro atoms. The topological polar surface area (TPSA) is 78.9 Å². The van der Waals surface area contributed by atoms with Crippen LogP contribution in [0.5, 0.6) is 5.75 Å². The first-order chi connectivity index (χ1) is 10.2. The molecule has 0 aromatic heterocycles. The fraction of sp³-hybridized carbons (Fsp3) is 0.467. The van der Waals surface area contributed by atoms with Crippen LogP contribution in [0.2, 0.25) is 0 Å². The highest BCUT2D eigenvalue weighted by Gasteiger charge is 2.19. The maximum absolute atomic E-state index is 13.4. The third kappa shape index (κ3) is 5.23. The Morgan fingerprint density at radius 2 is 2.00 bits per heavy atom. The van der Waals surface area contributed by atoms with Crippen molar-refractivity contribution in [3.63, 3.8) is 0 Å². The number of hydrogen-bond donors (Lipinski definition) is 2. The number of amides is 2. The van der Waals surface area contributed by atoms with E-state index < -0.39 is 23.7 Å². The molecule has 6 nitrogen and oxygen atoms in total. The lowest BCUT2D eigenvalue weighted by molar-refractivity contribution is -0.141. The molecule has 0 heterocycles. The molecule has 0 aliphatic rings. The Morgan fingerprint density at radius 3 is 2.55 bits per heavy atom. The van der Waals surface area contributed by atoms with E-state index in [9.17, 15) is 14.0 Å². The van der Waals surface area contributed by atoms with E-state index in [1.807, 2.05) is 13.8 Å². The molecule has 2 amide bonds. The number of hydrogen-bond acceptors (Lipinski definition) is 3. The monoisotopic (exact) mass is 312 g/mol. The normalized spacial score (nSPS) is 11.9. The van der Waals surface area contributed by atoms with Crippen LogP contribution in [-0.2, 0) is 4.79 Å². The highest BCUT2D eigenvalue weighted by Crippen LogP contribution is 2.26. The molecule has 0 fully saturated rings. The van der Waals surface area contributed by atoms with E-state index in [1.165, 1.54) is 31.0 Å². The van der Waals surface area contributed by atoms with E-state index in [2.05, 4.69) is 5.32 Å². The lowest BCUT2D eigenvalue weighted by atomic mass is 10.2. The lowest BCUT2D eigenvalue weighted by Gasteiger charge is -2.21. The van der Waals surface area contributed by atoms with Crippen LogP contribution in [0.1, 0.15) is 20.8 Å². The molecule has 0 aliphatic carbocycles. The third-order valence-electron chi connectivity index (χ3n) is 2.86. The van der Waals surface area contributed by atoms with Crippen LogP contribution in [0.25, 0.3) is 0 Å². The van der Waals surface area contributed by atoms with E-state index in [-0.39, 0.29) is 18.3 Å². The quantitative estimate of drug-likeness (QED) is 0.846. The van der Waals surface area contributed by atoms with E-state index in [1.54, 1.807) is 0 Å². The fourth-order valence-electron chi connectivity index (χ4n) is 1.74. The number of carbonyl (C=O) groups excluding carboxylic acids is 1. The Balaban J connectivity index is 2.82. The van der Waals surface area contributed by atoms with Crippen molar-refractivity contribution in [1.29, 1.82) is 0 Å². The molecule has 122 valence electrons. The van der Waals surface area contributed by atoms with Gasteiger partial charge in [-0.2, -0.15) is 0 Å². The molecule has 1 atom stereocenters. The molecule has 22 heavy (non-hydrogen) atoms. The first kappa shape index (κ1) is 17.7. The van der Waals surface area contributed by atoms with Gasteiger partial charge in [0.05, 0.1) is 17.7 Å². The first-order valence-corrected chi connectivity index (χ1v) is 6.91. The van der Waals surface area contributed by atoms with Gasteiger partial charge in [0.1, 0.15) is 11.6 Å². The van der Waals surface area contributed by atoms with Gasteiger partial charge in [-0.05, 0) is 26.0 Å². The summed E-state index contributed by atoms with van der Waals surface area (Å²) in [6.07, 6.45) is -0.133. The summed E-state index contributed by atoms with van der Waals surface area (Å²) >= 11 is 0. The van der Waals surface area contributed by atoms with Crippen LogP contribution in [0, 0.1) is 11.7 Å². The SMILES string of the molecule is CC(C)Oc1ccc(F)cc1NC(=O)N(C)CC(C)C(=O)O. The average Bonchev–Trinajstić information content (AvgIpc) is 2.41. The summed E-state index contributed by atoms with van der Waals surface area (Å²) < 4.78 is 18.9. The number of nitrogens with zero attached hydrogens (tertiary/aromatic N) is 1. The molecular weight excluding hydrogens is 291 g/mol. The Hall–Kier alpha value is -2.31. The second kappa shape index (κ2) is 7.63. The number of aliphatic carboxylic acids is 1. The van der Waals surface area contributed by atoms with Crippen molar-refractivity contribution >= 4 is 17.7 Å². The second-order valence-electron chi connectivity index (χ2n) is 5.36. The minimum absolute atomic E-state index is 0.0385. The first-order valence-electron chi connectivity index (χ1n) is 6.91. The van der Waals surface area contributed by atoms with Crippen LogP contribution in [0.3, 0.4) is 0 Å². The van der Waals surface area contributed by atoms with Crippen LogP contribution in [0.15, 0.2) is 18.2 Å². The van der Waals surface area contributed by atoms with E-state index in [4.69, 9.17) is 9.84 Å². The standard InChI is InChI=1S/C15H21FN2O4/c1-9(2)22-13-6-5-11(16)7-12(13)17-15(21)18(4)8-10(3)14(19)20/h5-7,9-10H,8H2,1-4H3,(H,17,21)(H,19,20). The summed E-state index contributed by atoms with van der Waals surface area (Å²) in [7, 11) is 1.47. The van der Waals surface area contributed by atoms with Crippen molar-refractivity contribution in [3.05, 3.63) is 24.0 Å². The maximum Gasteiger partial charge on any atom is 0.321 e. The molecule has 7 heteroatoms. The Labute approximate surface area is 128 Å². The summed E-state index contributed by atoms with van der Waals surface area (Å²) in [4.78, 5) is 24.1. The van der Waals surface area contributed by atoms with Gasteiger partial charge in [-0.3, -0.25) is 4.79 Å². The van der Waals surface area contributed by atoms with Crippen molar-refractivity contribution in [2.75, 3.05) is 18.9 Å². The van der Waals surface area contributed by atoms with E-state index in [0.717, 1.165) is 6.07 Å². The number of nitrogens with one attached hydrogen (secondary N) is 1. The minimum atomic E-state index is -0.991. The van der Waals surface area contributed by atoms with E-state index in [0.29, 0.717) is 5.75 Å². The van der Waals surface area contributed by atoms with Crippen molar-refractivity contribution in [1.82, 2.24) is 4.90 Å². The van der Waals surface area contributed by atoms with Gasteiger partial charge in [-0.25, -0.2) is 9.18 Å². The van der Waals surface area contributed by atoms with Crippen LogP contribution in [-0.4, -0.2) is 41.7 Å². The van der Waals surface area contributed by atoms with Crippen LogP contribution < -0.4 is 10.1 Å². The molecule has 1 aromatic carbocycles. The van der Waals surface area contributed by atoms with Crippen molar-refractivity contribution in [2.24, 2.45) is 5.92 Å². The zero-order valence-corrected chi connectivity index (χ0v) is 13.1. The number of halogens is 1.